The van der Waals surface area contributed by atoms with Gasteiger partial charge in [0.05, 0.1) is 33.4 Å². The summed E-state index contributed by atoms with van der Waals surface area (Å²) in [6, 6.07) is 20.0. The van der Waals surface area contributed by atoms with E-state index in [1.54, 1.807) is 0 Å². The number of nitrogens with zero attached hydrogens (tertiary/aromatic N) is 2. The molecule has 0 saturated carbocycles. The fourth-order valence-electron chi connectivity index (χ4n) is 3.62. The van der Waals surface area contributed by atoms with Gasteiger partial charge in [0, 0.05) is 25.1 Å². The molecular weight excluding hydrogens is 452 g/mol. The molecule has 4 atom stereocenters. The van der Waals surface area contributed by atoms with E-state index in [0.717, 1.165) is 16.3 Å². The first-order valence-corrected chi connectivity index (χ1v) is 12.1. The van der Waals surface area contributed by atoms with Crippen LogP contribution in [-0.2, 0) is 37.0 Å². The summed E-state index contributed by atoms with van der Waals surface area (Å²) in [5.41, 5.74) is 1.86. The van der Waals surface area contributed by atoms with Gasteiger partial charge in [0.25, 0.3) is 0 Å². The SMILES string of the molecule is C=[N+]=C(SC1CC(OCc2ccccc2)C(OCc2ccccc2)C(COC(C)=O)O1)N(C)C. The predicted molar refractivity (Wildman–Crippen MR) is 135 cm³/mol. The van der Waals surface area contributed by atoms with Crippen molar-refractivity contribution in [2.24, 2.45) is 0 Å². The van der Waals surface area contributed by atoms with Gasteiger partial charge >= 0.3 is 11.1 Å². The molecule has 7 nitrogen and oxygen atoms in total. The van der Waals surface area contributed by atoms with Crippen LogP contribution in [0.2, 0.25) is 0 Å². The molecule has 1 fully saturated rings. The first kappa shape index (κ1) is 26.0. The van der Waals surface area contributed by atoms with Gasteiger partial charge in [-0.15, -0.1) is 0 Å². The van der Waals surface area contributed by atoms with Crippen LogP contribution >= 0.6 is 11.8 Å². The Hall–Kier alpha value is -2.61. The molecule has 4 unspecified atom stereocenters. The first-order valence-electron chi connectivity index (χ1n) is 11.2. The smallest absolute Gasteiger partial charge is 0.407 e. The number of hydrogen-bond acceptors (Lipinski definition) is 6. The van der Waals surface area contributed by atoms with Crippen LogP contribution in [0, 0.1) is 0 Å². The molecule has 182 valence electrons. The van der Waals surface area contributed by atoms with Crippen molar-refractivity contribution in [3.05, 3.63) is 71.8 Å². The quantitative estimate of drug-likeness (QED) is 0.234. The number of benzene rings is 2. The Labute approximate surface area is 205 Å². The Balaban J connectivity index is 1.80. The standard InChI is InChI=1S/C26H33N2O5S/c1-19(29)30-18-23-25(32-17-21-13-9-6-10-14-21)22(31-16-20-11-7-5-8-12-20)15-24(33-23)34-26(27-2)28(3)4/h5-14,22-25H,2,15-18H2,1,3-4H3/q+1. The minimum absolute atomic E-state index is 0.0792. The highest BCUT2D eigenvalue weighted by molar-refractivity contribution is 8.14. The van der Waals surface area contributed by atoms with Crippen LogP contribution in [0.4, 0.5) is 0 Å². The lowest BCUT2D eigenvalue weighted by Gasteiger charge is -2.40. The molecule has 1 saturated heterocycles. The van der Waals surface area contributed by atoms with E-state index in [0.29, 0.717) is 19.6 Å². The topological polar surface area (TPSA) is 71.3 Å². The molecule has 3 rings (SSSR count). The normalized spacial score (nSPS) is 22.0. The summed E-state index contributed by atoms with van der Waals surface area (Å²) in [5, 5.41) is 0.738. The van der Waals surface area contributed by atoms with Gasteiger partial charge in [-0.2, -0.15) is 0 Å². The van der Waals surface area contributed by atoms with Gasteiger partial charge in [-0.3, -0.25) is 4.79 Å². The molecule has 1 aliphatic rings. The molecule has 2 aromatic rings. The number of thioether (sulfide) groups is 1. The Bertz CT molecular complexity index is 950. The molecule has 0 amide bonds. The van der Waals surface area contributed by atoms with E-state index in [-0.39, 0.29) is 24.1 Å². The summed E-state index contributed by atoms with van der Waals surface area (Å²) in [7, 11) is 3.82. The van der Waals surface area contributed by atoms with Crippen LogP contribution < -0.4 is 4.67 Å². The summed E-state index contributed by atoms with van der Waals surface area (Å²) in [6.07, 6.45) is -0.600. The first-order chi connectivity index (χ1) is 16.5. The molecule has 8 heteroatoms. The van der Waals surface area contributed by atoms with Crippen molar-refractivity contribution in [1.29, 1.82) is 0 Å². The average Bonchev–Trinajstić information content (AvgIpc) is 2.84. The summed E-state index contributed by atoms with van der Waals surface area (Å²) in [5.74, 6) is -0.366. The maximum Gasteiger partial charge on any atom is 0.407 e. The van der Waals surface area contributed by atoms with Crippen molar-refractivity contribution in [2.75, 3.05) is 20.7 Å². The Morgan fingerprint density at radius 3 is 2.18 bits per heavy atom. The molecule has 1 aliphatic heterocycles. The fourth-order valence-corrected chi connectivity index (χ4v) is 4.63. The highest BCUT2D eigenvalue weighted by atomic mass is 32.2. The van der Waals surface area contributed by atoms with Crippen LogP contribution in [0.1, 0.15) is 24.5 Å². The maximum absolute atomic E-state index is 11.6. The van der Waals surface area contributed by atoms with Gasteiger partial charge in [0.2, 0.25) is 0 Å². The van der Waals surface area contributed by atoms with Gasteiger partial charge in [-0.1, -0.05) is 60.7 Å². The highest BCUT2D eigenvalue weighted by Gasteiger charge is 2.43. The summed E-state index contributed by atoms with van der Waals surface area (Å²) < 4.78 is 28.5. The summed E-state index contributed by atoms with van der Waals surface area (Å²) in [4.78, 5) is 13.5. The zero-order chi connectivity index (χ0) is 24.3. The van der Waals surface area contributed by atoms with Crippen molar-refractivity contribution in [1.82, 2.24) is 9.57 Å². The number of ether oxygens (including phenoxy) is 4. The molecule has 2 aromatic carbocycles. The Morgan fingerprint density at radius 2 is 1.65 bits per heavy atom. The molecule has 0 N–H and O–H groups in total. The molecule has 0 aliphatic carbocycles. The Kier molecular flexibility index (Phi) is 10.2. The maximum atomic E-state index is 11.6. The molecule has 1 heterocycles. The number of esters is 1. The second-order valence-corrected chi connectivity index (χ2v) is 9.32. The highest BCUT2D eigenvalue weighted by Crippen LogP contribution is 2.33. The number of carbonyl (C=O) groups excluding carboxylic acids is 1. The third kappa shape index (κ3) is 8.01. The van der Waals surface area contributed by atoms with E-state index in [1.165, 1.54) is 18.7 Å². The fraction of sp³-hybridized carbons (Fsp3) is 0.423. The van der Waals surface area contributed by atoms with Crippen molar-refractivity contribution < 1.29 is 23.7 Å². The lowest BCUT2D eigenvalue weighted by atomic mass is 10.0. The molecule has 0 radical (unpaired) electrons. The van der Waals surface area contributed by atoms with E-state index < -0.39 is 12.2 Å². The van der Waals surface area contributed by atoms with Crippen LogP contribution in [0.5, 0.6) is 0 Å². The second kappa shape index (κ2) is 13.3. The summed E-state index contributed by atoms with van der Waals surface area (Å²) >= 11 is 1.47. The van der Waals surface area contributed by atoms with Gasteiger partial charge in [0.15, 0.2) is 6.72 Å². The van der Waals surface area contributed by atoms with Crippen molar-refractivity contribution >= 4 is 29.6 Å². The molecule has 0 bridgehead atoms. The van der Waals surface area contributed by atoms with Gasteiger partial charge in [-0.25, -0.2) is 9.57 Å². The van der Waals surface area contributed by atoms with E-state index in [1.807, 2.05) is 79.7 Å². The van der Waals surface area contributed by atoms with Crippen LogP contribution in [0.3, 0.4) is 0 Å². The lowest BCUT2D eigenvalue weighted by Crippen LogP contribution is -2.52. The third-order valence-corrected chi connectivity index (χ3v) is 6.55. The number of hydrogen-bond donors (Lipinski definition) is 0. The molecule has 0 aromatic heterocycles. The number of carbonyl (C=O) groups is 1. The average molecular weight is 486 g/mol. The minimum atomic E-state index is -0.493. The largest absolute Gasteiger partial charge is 0.463 e. The van der Waals surface area contributed by atoms with Crippen LogP contribution in [-0.4, -0.2) is 67.2 Å². The third-order valence-electron chi connectivity index (χ3n) is 5.28. The van der Waals surface area contributed by atoms with Crippen molar-refractivity contribution in [3.63, 3.8) is 0 Å². The van der Waals surface area contributed by atoms with E-state index in [2.05, 4.69) is 11.4 Å². The molecular formula is C26H33N2O5S+. The molecule has 0 spiro atoms. The van der Waals surface area contributed by atoms with E-state index >= 15 is 0 Å². The van der Waals surface area contributed by atoms with Gasteiger partial charge in [0.1, 0.15) is 24.3 Å². The predicted octanol–water partition coefficient (Wildman–Crippen LogP) is 3.25. The number of amidine groups is 1. The zero-order valence-corrected chi connectivity index (χ0v) is 20.8. The number of rotatable bonds is 9. The zero-order valence-electron chi connectivity index (χ0n) is 20.0. The van der Waals surface area contributed by atoms with Crippen LogP contribution in [0.25, 0.3) is 0 Å². The second-order valence-electron chi connectivity index (χ2n) is 8.19. The van der Waals surface area contributed by atoms with E-state index in [9.17, 15) is 4.79 Å². The van der Waals surface area contributed by atoms with Gasteiger partial charge < -0.3 is 18.9 Å². The summed E-state index contributed by atoms with van der Waals surface area (Å²) in [6.45, 7) is 5.98. The van der Waals surface area contributed by atoms with Crippen molar-refractivity contribution in [3.8, 4) is 0 Å². The monoisotopic (exact) mass is 485 g/mol. The van der Waals surface area contributed by atoms with Gasteiger partial charge in [-0.05, 0) is 11.1 Å². The Morgan fingerprint density at radius 1 is 1.06 bits per heavy atom. The van der Waals surface area contributed by atoms with Crippen LogP contribution in [0.15, 0.2) is 60.7 Å². The van der Waals surface area contributed by atoms with E-state index in [4.69, 9.17) is 18.9 Å². The van der Waals surface area contributed by atoms with Crippen molar-refractivity contribution in [2.45, 2.75) is 50.3 Å². The minimum Gasteiger partial charge on any atom is -0.463 e. The molecule has 34 heavy (non-hydrogen) atoms. The lowest BCUT2D eigenvalue weighted by molar-refractivity contribution is -0.204.